The molecule has 2 aromatic carbocycles. The number of hydrogen-bond acceptors (Lipinski definition) is 3. The summed E-state index contributed by atoms with van der Waals surface area (Å²) in [6.07, 6.45) is 0. The highest BCUT2D eigenvalue weighted by molar-refractivity contribution is 5.89. The fraction of sp³-hybridized carbons (Fsp3) is 0.0667. The fourth-order valence-electron chi connectivity index (χ4n) is 1.30. The van der Waals surface area contributed by atoms with Crippen molar-refractivity contribution in [1.29, 1.82) is 0 Å². The topological polar surface area (TPSA) is 63.6 Å². The summed E-state index contributed by atoms with van der Waals surface area (Å²) >= 11 is 0. The van der Waals surface area contributed by atoms with Gasteiger partial charge in [-0.05, 0) is 48.5 Å². The van der Waals surface area contributed by atoms with Gasteiger partial charge in [-0.25, -0.2) is 18.4 Å². The van der Waals surface area contributed by atoms with Crippen molar-refractivity contribution >= 4 is 11.9 Å². The van der Waals surface area contributed by atoms with E-state index in [1.165, 1.54) is 43.5 Å². The lowest BCUT2D eigenvalue weighted by molar-refractivity contribution is 0.0599. The lowest BCUT2D eigenvalue weighted by Crippen LogP contribution is -2.00. The summed E-state index contributed by atoms with van der Waals surface area (Å²) in [5.41, 5.74) is 0.454. The fourth-order valence-corrected chi connectivity index (χ4v) is 1.30. The van der Waals surface area contributed by atoms with E-state index in [9.17, 15) is 18.4 Å². The molecule has 0 fully saturated rings. The van der Waals surface area contributed by atoms with Crippen LogP contribution in [0.5, 0.6) is 0 Å². The lowest BCUT2D eigenvalue weighted by Gasteiger charge is -1.96. The van der Waals surface area contributed by atoms with Gasteiger partial charge in [0.1, 0.15) is 11.6 Å². The minimum absolute atomic E-state index is 0.0985. The van der Waals surface area contributed by atoms with Crippen LogP contribution in [0.1, 0.15) is 20.7 Å². The third-order valence-corrected chi connectivity index (χ3v) is 2.36. The number of halogens is 2. The molecular weight excluding hydrogens is 282 g/mol. The first-order chi connectivity index (χ1) is 9.93. The summed E-state index contributed by atoms with van der Waals surface area (Å²) in [5, 5.41) is 8.35. The SMILES string of the molecule is COC(=O)c1ccc(F)cc1.O=C(O)c1ccc(F)cc1. The molecule has 0 unspecified atom stereocenters. The second kappa shape index (κ2) is 7.74. The van der Waals surface area contributed by atoms with E-state index in [1.54, 1.807) is 0 Å². The number of hydrogen-bond donors (Lipinski definition) is 1. The van der Waals surface area contributed by atoms with Gasteiger partial charge in [0.2, 0.25) is 0 Å². The van der Waals surface area contributed by atoms with Crippen LogP contribution in [-0.4, -0.2) is 24.2 Å². The van der Waals surface area contributed by atoms with E-state index in [0.29, 0.717) is 5.56 Å². The van der Waals surface area contributed by atoms with Gasteiger partial charge in [-0.1, -0.05) is 0 Å². The molecule has 0 atom stereocenters. The average molecular weight is 294 g/mol. The smallest absolute Gasteiger partial charge is 0.337 e. The van der Waals surface area contributed by atoms with Crippen molar-refractivity contribution in [3.63, 3.8) is 0 Å². The van der Waals surface area contributed by atoms with Gasteiger partial charge in [0, 0.05) is 0 Å². The summed E-state index contributed by atoms with van der Waals surface area (Å²) in [6.45, 7) is 0. The van der Waals surface area contributed by atoms with Crippen molar-refractivity contribution in [1.82, 2.24) is 0 Å². The van der Waals surface area contributed by atoms with Crippen LogP contribution in [0.3, 0.4) is 0 Å². The first kappa shape index (κ1) is 16.3. The number of carboxylic acids is 1. The van der Waals surface area contributed by atoms with Crippen LogP contribution >= 0.6 is 0 Å². The number of carbonyl (C=O) groups excluding carboxylic acids is 1. The van der Waals surface area contributed by atoms with Crippen LogP contribution in [0.4, 0.5) is 8.78 Å². The van der Waals surface area contributed by atoms with Crippen molar-refractivity contribution in [2.24, 2.45) is 0 Å². The normalized spacial score (nSPS) is 9.29. The van der Waals surface area contributed by atoms with Gasteiger partial charge < -0.3 is 9.84 Å². The number of carbonyl (C=O) groups is 2. The molecule has 1 N–H and O–H groups in total. The van der Waals surface area contributed by atoms with Crippen molar-refractivity contribution in [3.05, 3.63) is 71.3 Å². The molecule has 0 radical (unpaired) electrons. The van der Waals surface area contributed by atoms with Crippen molar-refractivity contribution in [3.8, 4) is 0 Å². The lowest BCUT2D eigenvalue weighted by atomic mass is 10.2. The van der Waals surface area contributed by atoms with Gasteiger partial charge in [-0.3, -0.25) is 0 Å². The molecule has 0 spiro atoms. The molecule has 0 saturated carbocycles. The predicted octanol–water partition coefficient (Wildman–Crippen LogP) is 3.14. The number of ether oxygens (including phenoxy) is 1. The molecular formula is C15H12F2O4. The number of esters is 1. The molecule has 0 heterocycles. The molecule has 110 valence electrons. The first-order valence-corrected chi connectivity index (χ1v) is 5.76. The predicted molar refractivity (Wildman–Crippen MR) is 71.1 cm³/mol. The summed E-state index contributed by atoms with van der Waals surface area (Å²) < 4.78 is 28.9. The van der Waals surface area contributed by atoms with E-state index in [2.05, 4.69) is 4.74 Å². The number of carboxylic acid groups (broad SMARTS) is 1. The van der Waals surface area contributed by atoms with E-state index in [-0.39, 0.29) is 11.4 Å². The number of benzene rings is 2. The highest BCUT2D eigenvalue weighted by Crippen LogP contribution is 2.03. The Hall–Kier alpha value is -2.76. The van der Waals surface area contributed by atoms with E-state index in [4.69, 9.17) is 5.11 Å². The minimum Gasteiger partial charge on any atom is -0.478 e. The van der Waals surface area contributed by atoms with Crippen LogP contribution in [0.2, 0.25) is 0 Å². The number of aromatic carboxylic acids is 1. The maximum Gasteiger partial charge on any atom is 0.337 e. The Labute approximate surface area is 119 Å². The van der Waals surface area contributed by atoms with Crippen LogP contribution in [0.15, 0.2) is 48.5 Å². The minimum atomic E-state index is -1.04. The van der Waals surface area contributed by atoms with Crippen LogP contribution in [0.25, 0.3) is 0 Å². The second-order valence-corrected chi connectivity index (χ2v) is 3.81. The Morgan fingerprint density at radius 3 is 1.57 bits per heavy atom. The van der Waals surface area contributed by atoms with Gasteiger partial charge in [-0.2, -0.15) is 0 Å². The Bertz CT molecular complexity index is 607. The molecule has 2 aromatic rings. The molecule has 0 bridgehead atoms. The zero-order valence-electron chi connectivity index (χ0n) is 11.0. The summed E-state index contributed by atoms with van der Waals surface area (Å²) in [5.74, 6) is -2.28. The Balaban J connectivity index is 0.000000211. The third kappa shape index (κ3) is 5.40. The first-order valence-electron chi connectivity index (χ1n) is 5.76. The highest BCUT2D eigenvalue weighted by Gasteiger charge is 2.03. The Kier molecular flexibility index (Phi) is 6.00. The van der Waals surface area contributed by atoms with E-state index in [1.807, 2.05) is 0 Å². The molecule has 2 rings (SSSR count). The average Bonchev–Trinajstić information content (AvgIpc) is 2.48. The van der Waals surface area contributed by atoms with Crippen molar-refractivity contribution in [2.75, 3.05) is 7.11 Å². The molecule has 0 saturated heterocycles. The van der Waals surface area contributed by atoms with Gasteiger partial charge >= 0.3 is 11.9 Å². The molecule has 21 heavy (non-hydrogen) atoms. The second-order valence-electron chi connectivity index (χ2n) is 3.81. The molecule has 0 amide bonds. The summed E-state index contributed by atoms with van der Waals surface area (Å²) in [7, 11) is 1.28. The third-order valence-electron chi connectivity index (χ3n) is 2.36. The standard InChI is InChI=1S/C8H7FO2.C7H5FO2/c1-11-8(10)6-2-4-7(9)5-3-6;8-6-3-1-5(2-4-6)7(9)10/h2-5H,1H3;1-4H,(H,9,10). The molecule has 0 aliphatic carbocycles. The van der Waals surface area contributed by atoms with Gasteiger partial charge in [0.05, 0.1) is 18.2 Å². The van der Waals surface area contributed by atoms with Crippen LogP contribution in [-0.2, 0) is 4.74 Å². The quantitative estimate of drug-likeness (QED) is 0.864. The zero-order valence-corrected chi connectivity index (χ0v) is 11.0. The van der Waals surface area contributed by atoms with Crippen molar-refractivity contribution in [2.45, 2.75) is 0 Å². The maximum absolute atomic E-state index is 12.3. The monoisotopic (exact) mass is 294 g/mol. The molecule has 0 aromatic heterocycles. The van der Waals surface area contributed by atoms with E-state index in [0.717, 1.165) is 12.1 Å². The van der Waals surface area contributed by atoms with E-state index < -0.39 is 17.8 Å². The van der Waals surface area contributed by atoms with Gasteiger partial charge in [0.25, 0.3) is 0 Å². The summed E-state index contributed by atoms with van der Waals surface area (Å²) in [4.78, 5) is 21.0. The van der Waals surface area contributed by atoms with Crippen molar-refractivity contribution < 1.29 is 28.2 Å². The van der Waals surface area contributed by atoms with Gasteiger partial charge in [0.15, 0.2) is 0 Å². The van der Waals surface area contributed by atoms with Gasteiger partial charge in [-0.15, -0.1) is 0 Å². The molecule has 0 aliphatic rings. The van der Waals surface area contributed by atoms with E-state index >= 15 is 0 Å². The molecule has 6 heteroatoms. The largest absolute Gasteiger partial charge is 0.478 e. The Morgan fingerprint density at radius 2 is 1.24 bits per heavy atom. The van der Waals surface area contributed by atoms with Crippen LogP contribution < -0.4 is 0 Å². The number of methoxy groups -OCH3 is 1. The summed E-state index contributed by atoms with van der Waals surface area (Å²) in [6, 6.07) is 9.85. The number of rotatable bonds is 2. The highest BCUT2D eigenvalue weighted by atomic mass is 19.1. The Morgan fingerprint density at radius 1 is 0.857 bits per heavy atom. The molecule has 0 aliphatic heterocycles. The maximum atomic E-state index is 12.3. The zero-order chi connectivity index (χ0) is 15.8. The van der Waals surface area contributed by atoms with Crippen LogP contribution in [0, 0.1) is 11.6 Å². The molecule has 4 nitrogen and oxygen atoms in total.